The molecule has 0 aromatic heterocycles. The van der Waals surface area contributed by atoms with E-state index in [2.05, 4.69) is 5.32 Å². The van der Waals surface area contributed by atoms with Gasteiger partial charge in [0.25, 0.3) is 0 Å². The third kappa shape index (κ3) is 1.83. The molecular weight excluding hydrogens is 216 g/mol. The minimum absolute atomic E-state index is 0.0232. The van der Waals surface area contributed by atoms with Gasteiger partial charge in [-0.1, -0.05) is 0 Å². The molecule has 84 valence electrons. The number of alkyl halides is 1. The first-order valence-electron chi connectivity index (χ1n) is 5.30. The van der Waals surface area contributed by atoms with E-state index in [1.807, 2.05) is 0 Å². The van der Waals surface area contributed by atoms with Gasteiger partial charge in [-0.25, -0.2) is 0 Å². The summed E-state index contributed by atoms with van der Waals surface area (Å²) in [5, 5.41) is 2.87. The van der Waals surface area contributed by atoms with E-state index in [1.165, 1.54) is 0 Å². The molecule has 0 aromatic rings. The molecule has 2 saturated heterocycles. The Labute approximate surface area is 93.9 Å². The molecule has 15 heavy (non-hydrogen) atoms. The monoisotopic (exact) mass is 230 g/mol. The molecule has 4 nitrogen and oxygen atoms in total. The molecule has 1 spiro atoms. The van der Waals surface area contributed by atoms with Gasteiger partial charge >= 0.3 is 0 Å². The minimum atomic E-state index is -0.191. The molecule has 1 N–H and O–H groups in total. The summed E-state index contributed by atoms with van der Waals surface area (Å²) in [6, 6.07) is 0. The van der Waals surface area contributed by atoms with Crippen LogP contribution in [0, 0.1) is 5.41 Å². The standard InChI is InChI=1S/C10H15ClN2O2/c11-7-8(14)13-5-2-10(3-6-13)1-4-12-9(10)15/h1-7H2,(H,12,15). The number of halogens is 1. The number of piperidine rings is 1. The molecule has 2 aliphatic heterocycles. The van der Waals surface area contributed by atoms with Crippen molar-refractivity contribution in [3.63, 3.8) is 0 Å². The number of hydrogen-bond donors (Lipinski definition) is 1. The zero-order valence-electron chi connectivity index (χ0n) is 8.59. The fourth-order valence-electron chi connectivity index (χ4n) is 2.46. The molecule has 0 bridgehead atoms. The molecule has 0 radical (unpaired) electrons. The molecule has 0 unspecified atom stereocenters. The Morgan fingerprint density at radius 3 is 2.53 bits per heavy atom. The van der Waals surface area contributed by atoms with Crippen LogP contribution in [0.2, 0.25) is 0 Å². The molecule has 0 saturated carbocycles. The van der Waals surface area contributed by atoms with E-state index in [4.69, 9.17) is 11.6 Å². The molecule has 0 atom stereocenters. The van der Waals surface area contributed by atoms with Crippen LogP contribution < -0.4 is 5.32 Å². The van der Waals surface area contributed by atoms with E-state index in [9.17, 15) is 9.59 Å². The van der Waals surface area contributed by atoms with Gasteiger partial charge in [0.15, 0.2) is 0 Å². The van der Waals surface area contributed by atoms with Crippen LogP contribution in [0.4, 0.5) is 0 Å². The Bertz CT molecular complexity index is 285. The SMILES string of the molecule is O=C(CCl)N1CCC2(CCNC2=O)CC1. The molecule has 0 aromatic carbocycles. The van der Waals surface area contributed by atoms with Crippen LogP contribution in [-0.4, -0.2) is 42.2 Å². The zero-order chi connectivity index (χ0) is 10.9. The van der Waals surface area contributed by atoms with E-state index in [-0.39, 0.29) is 23.1 Å². The summed E-state index contributed by atoms with van der Waals surface area (Å²) in [7, 11) is 0. The number of nitrogens with zero attached hydrogens (tertiary/aromatic N) is 1. The molecule has 2 rings (SSSR count). The number of amides is 2. The number of nitrogens with one attached hydrogen (secondary N) is 1. The highest BCUT2D eigenvalue weighted by molar-refractivity contribution is 6.27. The molecular formula is C10H15ClN2O2. The van der Waals surface area contributed by atoms with Crippen LogP contribution in [0.25, 0.3) is 0 Å². The maximum absolute atomic E-state index is 11.7. The van der Waals surface area contributed by atoms with Crippen molar-refractivity contribution < 1.29 is 9.59 Å². The van der Waals surface area contributed by atoms with Crippen molar-refractivity contribution in [1.29, 1.82) is 0 Å². The van der Waals surface area contributed by atoms with Crippen molar-refractivity contribution in [2.24, 2.45) is 5.41 Å². The second kappa shape index (κ2) is 4.00. The summed E-state index contributed by atoms with van der Waals surface area (Å²) < 4.78 is 0. The zero-order valence-corrected chi connectivity index (χ0v) is 9.35. The van der Waals surface area contributed by atoms with E-state index in [1.54, 1.807) is 4.90 Å². The number of likely N-dealkylation sites (tertiary alicyclic amines) is 1. The topological polar surface area (TPSA) is 49.4 Å². The average molecular weight is 231 g/mol. The number of hydrogen-bond acceptors (Lipinski definition) is 2. The van der Waals surface area contributed by atoms with Gasteiger partial charge in [0, 0.05) is 19.6 Å². The lowest BCUT2D eigenvalue weighted by Gasteiger charge is -2.37. The third-order valence-electron chi connectivity index (χ3n) is 3.56. The van der Waals surface area contributed by atoms with E-state index in [0.29, 0.717) is 13.1 Å². The Kier molecular flexibility index (Phi) is 2.87. The Hall–Kier alpha value is -0.770. The summed E-state index contributed by atoms with van der Waals surface area (Å²) >= 11 is 5.49. The predicted octanol–water partition coefficient (Wildman–Crippen LogP) is 0.354. The van der Waals surface area contributed by atoms with Crippen LogP contribution in [0.3, 0.4) is 0 Å². The van der Waals surface area contributed by atoms with Crippen LogP contribution in [0.5, 0.6) is 0 Å². The number of carbonyl (C=O) groups excluding carboxylic acids is 2. The second-order valence-electron chi connectivity index (χ2n) is 4.30. The molecule has 0 aliphatic carbocycles. The van der Waals surface area contributed by atoms with Crippen LogP contribution in [-0.2, 0) is 9.59 Å². The van der Waals surface area contributed by atoms with Crippen molar-refractivity contribution in [2.45, 2.75) is 19.3 Å². The maximum atomic E-state index is 11.7. The summed E-state index contributed by atoms with van der Waals surface area (Å²) in [6.45, 7) is 2.11. The normalized spacial score (nSPS) is 24.3. The van der Waals surface area contributed by atoms with Gasteiger partial charge in [-0.2, -0.15) is 0 Å². The number of carbonyl (C=O) groups is 2. The van der Waals surface area contributed by atoms with Gasteiger partial charge in [-0.05, 0) is 19.3 Å². The fraction of sp³-hybridized carbons (Fsp3) is 0.800. The van der Waals surface area contributed by atoms with E-state index < -0.39 is 0 Å². The van der Waals surface area contributed by atoms with Crippen molar-refractivity contribution in [1.82, 2.24) is 10.2 Å². The first kappa shape index (κ1) is 10.7. The lowest BCUT2D eigenvalue weighted by atomic mass is 9.77. The molecule has 2 aliphatic rings. The summed E-state index contributed by atoms with van der Waals surface area (Å²) in [6.07, 6.45) is 2.47. The Morgan fingerprint density at radius 1 is 1.40 bits per heavy atom. The molecule has 5 heteroatoms. The highest BCUT2D eigenvalue weighted by Crippen LogP contribution is 2.37. The van der Waals surface area contributed by atoms with Gasteiger partial charge < -0.3 is 10.2 Å². The summed E-state index contributed by atoms with van der Waals surface area (Å²) in [4.78, 5) is 24.8. The lowest BCUT2D eigenvalue weighted by Crippen LogP contribution is -2.46. The second-order valence-corrected chi connectivity index (χ2v) is 4.57. The van der Waals surface area contributed by atoms with Crippen LogP contribution >= 0.6 is 11.6 Å². The Balaban J connectivity index is 1.97. The Morgan fingerprint density at radius 2 is 2.07 bits per heavy atom. The lowest BCUT2D eigenvalue weighted by molar-refractivity contribution is -0.136. The highest BCUT2D eigenvalue weighted by atomic mass is 35.5. The maximum Gasteiger partial charge on any atom is 0.237 e. The third-order valence-corrected chi connectivity index (χ3v) is 3.79. The van der Waals surface area contributed by atoms with Crippen LogP contribution in [0.1, 0.15) is 19.3 Å². The van der Waals surface area contributed by atoms with E-state index >= 15 is 0 Å². The van der Waals surface area contributed by atoms with Crippen molar-refractivity contribution in [3.05, 3.63) is 0 Å². The van der Waals surface area contributed by atoms with Gasteiger partial charge in [0.1, 0.15) is 5.88 Å². The highest BCUT2D eigenvalue weighted by Gasteiger charge is 2.44. The van der Waals surface area contributed by atoms with Crippen LogP contribution in [0.15, 0.2) is 0 Å². The van der Waals surface area contributed by atoms with Gasteiger partial charge in [-0.3, -0.25) is 9.59 Å². The van der Waals surface area contributed by atoms with Crippen molar-refractivity contribution >= 4 is 23.4 Å². The number of rotatable bonds is 1. The first-order chi connectivity index (χ1) is 7.18. The van der Waals surface area contributed by atoms with Gasteiger partial charge in [-0.15, -0.1) is 11.6 Å². The molecule has 2 heterocycles. The minimum Gasteiger partial charge on any atom is -0.356 e. The summed E-state index contributed by atoms with van der Waals surface area (Å²) in [5.74, 6) is 0.185. The first-order valence-corrected chi connectivity index (χ1v) is 5.83. The van der Waals surface area contributed by atoms with Gasteiger partial charge in [0.2, 0.25) is 11.8 Å². The van der Waals surface area contributed by atoms with E-state index in [0.717, 1.165) is 25.8 Å². The molecule has 2 amide bonds. The molecule has 2 fully saturated rings. The smallest absolute Gasteiger partial charge is 0.237 e. The van der Waals surface area contributed by atoms with Gasteiger partial charge in [0.05, 0.1) is 5.41 Å². The predicted molar refractivity (Wildman–Crippen MR) is 56.6 cm³/mol. The fourth-order valence-corrected chi connectivity index (χ4v) is 2.63. The van der Waals surface area contributed by atoms with Crippen molar-refractivity contribution in [2.75, 3.05) is 25.5 Å². The average Bonchev–Trinajstić information content (AvgIpc) is 2.61. The van der Waals surface area contributed by atoms with Crippen molar-refractivity contribution in [3.8, 4) is 0 Å². The largest absolute Gasteiger partial charge is 0.356 e. The summed E-state index contributed by atoms with van der Waals surface area (Å²) in [5.41, 5.74) is -0.191. The quantitative estimate of drug-likeness (QED) is 0.661.